The smallest absolute Gasteiger partial charge is 0.341 e. The highest BCUT2D eigenvalue weighted by molar-refractivity contribution is 6.29. The first-order valence-corrected chi connectivity index (χ1v) is 6.20. The summed E-state index contributed by atoms with van der Waals surface area (Å²) >= 11 is 5.90. The van der Waals surface area contributed by atoms with Crippen LogP contribution in [0.5, 0.6) is 0 Å². The molecule has 0 atom stereocenters. The first-order chi connectivity index (χ1) is 9.60. The van der Waals surface area contributed by atoms with Gasteiger partial charge in [0, 0.05) is 18.3 Å². The predicted molar refractivity (Wildman–Crippen MR) is 72.2 cm³/mol. The minimum atomic E-state index is -0.634. The van der Waals surface area contributed by atoms with Gasteiger partial charge in [-0.25, -0.2) is 9.78 Å². The Morgan fingerprint density at radius 3 is 2.90 bits per heavy atom. The van der Waals surface area contributed by atoms with Crippen LogP contribution in [0.1, 0.15) is 22.8 Å². The highest BCUT2D eigenvalue weighted by Crippen LogP contribution is 2.27. The summed E-state index contributed by atoms with van der Waals surface area (Å²) in [4.78, 5) is 16.0. The number of nitrogens with zero attached hydrogens (tertiary/aromatic N) is 4. The van der Waals surface area contributed by atoms with Crippen LogP contribution >= 0.6 is 11.6 Å². The van der Waals surface area contributed by atoms with Gasteiger partial charge in [0.05, 0.1) is 24.6 Å². The van der Waals surface area contributed by atoms with E-state index in [4.69, 9.17) is 21.6 Å². The molecule has 102 valence electrons. The second-order valence-corrected chi connectivity index (χ2v) is 4.29. The summed E-state index contributed by atoms with van der Waals surface area (Å²) in [6, 6.07) is 3.26. The summed E-state index contributed by atoms with van der Waals surface area (Å²) < 4.78 is 6.40. The average molecular weight is 291 g/mol. The fourth-order valence-corrected chi connectivity index (χ4v) is 1.97. The van der Waals surface area contributed by atoms with E-state index in [2.05, 4.69) is 10.1 Å². The number of pyridine rings is 1. The fourth-order valence-electron chi connectivity index (χ4n) is 1.78. The van der Waals surface area contributed by atoms with Crippen molar-refractivity contribution in [3.8, 4) is 17.3 Å². The van der Waals surface area contributed by atoms with Crippen molar-refractivity contribution in [1.82, 2.24) is 14.8 Å². The van der Waals surface area contributed by atoms with Gasteiger partial charge in [-0.05, 0) is 13.0 Å². The molecule has 0 spiro atoms. The molecule has 0 fully saturated rings. The molecule has 0 aliphatic carbocycles. The van der Waals surface area contributed by atoms with E-state index in [1.165, 1.54) is 13.2 Å². The van der Waals surface area contributed by atoms with E-state index >= 15 is 0 Å². The molecule has 0 aliphatic heterocycles. The van der Waals surface area contributed by atoms with Gasteiger partial charge in [-0.1, -0.05) is 11.6 Å². The quantitative estimate of drug-likeness (QED) is 0.640. The first kappa shape index (κ1) is 14.0. The van der Waals surface area contributed by atoms with Crippen LogP contribution in [-0.4, -0.2) is 27.8 Å². The molecule has 0 bridgehead atoms. The number of carbonyl (C=O) groups is 1. The predicted octanol–water partition coefficient (Wildman–Crippen LogP) is 2.28. The lowest BCUT2D eigenvalue weighted by Gasteiger charge is -2.07. The number of halogens is 1. The van der Waals surface area contributed by atoms with E-state index in [0.717, 1.165) is 0 Å². The molecular weight excluding hydrogens is 280 g/mol. The first-order valence-electron chi connectivity index (χ1n) is 5.82. The van der Waals surface area contributed by atoms with Crippen LogP contribution in [-0.2, 0) is 11.3 Å². The maximum Gasteiger partial charge on any atom is 0.341 e. The Labute approximate surface area is 120 Å². The zero-order valence-corrected chi connectivity index (χ0v) is 11.7. The van der Waals surface area contributed by atoms with E-state index in [9.17, 15) is 4.79 Å². The van der Waals surface area contributed by atoms with Crippen molar-refractivity contribution < 1.29 is 9.53 Å². The lowest BCUT2D eigenvalue weighted by molar-refractivity contribution is 0.0601. The monoisotopic (exact) mass is 290 g/mol. The fraction of sp³-hybridized carbons (Fsp3) is 0.231. The molecule has 2 aromatic heterocycles. The molecule has 20 heavy (non-hydrogen) atoms. The van der Waals surface area contributed by atoms with Crippen LogP contribution in [0.4, 0.5) is 0 Å². The van der Waals surface area contributed by atoms with Crippen molar-refractivity contribution in [2.45, 2.75) is 13.5 Å². The highest BCUT2D eigenvalue weighted by atomic mass is 35.5. The SMILES string of the molecule is CCn1cc(-c2nc(Cl)cc(C#N)c2C(=O)OC)cn1. The summed E-state index contributed by atoms with van der Waals surface area (Å²) in [6.07, 6.45) is 3.29. The topological polar surface area (TPSA) is 80.8 Å². The number of aromatic nitrogens is 3. The zero-order chi connectivity index (χ0) is 14.7. The number of ether oxygens (including phenoxy) is 1. The maximum absolute atomic E-state index is 11.9. The van der Waals surface area contributed by atoms with Gasteiger partial charge in [-0.2, -0.15) is 10.4 Å². The lowest BCUT2D eigenvalue weighted by atomic mass is 10.0. The van der Waals surface area contributed by atoms with Gasteiger partial charge in [0.2, 0.25) is 0 Å². The molecule has 2 heterocycles. The standard InChI is InChI=1S/C13H11ClN4O2/c1-3-18-7-9(6-16-18)12-11(13(19)20-2)8(5-15)4-10(14)17-12/h4,6-7H,3H2,1-2H3. The number of hydrogen-bond donors (Lipinski definition) is 0. The summed E-state index contributed by atoms with van der Waals surface area (Å²) in [5, 5.41) is 13.4. The van der Waals surface area contributed by atoms with Crippen molar-refractivity contribution in [3.63, 3.8) is 0 Å². The van der Waals surface area contributed by atoms with Gasteiger partial charge in [-0.3, -0.25) is 4.68 Å². The van der Waals surface area contributed by atoms with Gasteiger partial charge in [0.1, 0.15) is 16.8 Å². The number of methoxy groups -OCH3 is 1. The number of hydrogen-bond acceptors (Lipinski definition) is 5. The molecule has 2 rings (SSSR count). The van der Waals surface area contributed by atoms with Crippen molar-refractivity contribution in [1.29, 1.82) is 5.26 Å². The number of esters is 1. The largest absolute Gasteiger partial charge is 0.465 e. The summed E-state index contributed by atoms with van der Waals surface area (Å²) in [7, 11) is 1.25. The number of rotatable bonds is 3. The van der Waals surface area contributed by atoms with Gasteiger partial charge in [-0.15, -0.1) is 0 Å². The Morgan fingerprint density at radius 2 is 2.35 bits per heavy atom. The molecule has 0 radical (unpaired) electrons. The van der Waals surface area contributed by atoms with Crippen LogP contribution in [0, 0.1) is 11.3 Å². The number of aryl methyl sites for hydroxylation is 1. The van der Waals surface area contributed by atoms with Crippen molar-refractivity contribution in [2.24, 2.45) is 0 Å². The highest BCUT2D eigenvalue weighted by Gasteiger charge is 2.22. The molecule has 0 saturated heterocycles. The lowest BCUT2D eigenvalue weighted by Crippen LogP contribution is -2.08. The number of carbonyl (C=O) groups excluding carboxylic acids is 1. The van der Waals surface area contributed by atoms with Crippen molar-refractivity contribution in [2.75, 3.05) is 7.11 Å². The van der Waals surface area contributed by atoms with E-state index < -0.39 is 5.97 Å². The zero-order valence-electron chi connectivity index (χ0n) is 10.9. The third kappa shape index (κ3) is 2.49. The summed E-state index contributed by atoms with van der Waals surface area (Å²) in [5.74, 6) is -0.634. The van der Waals surface area contributed by atoms with E-state index in [1.807, 2.05) is 13.0 Å². The molecular formula is C13H11ClN4O2. The molecule has 0 aromatic carbocycles. The second kappa shape index (κ2) is 5.72. The molecule has 6 nitrogen and oxygen atoms in total. The van der Waals surface area contributed by atoms with Crippen LogP contribution in [0.15, 0.2) is 18.5 Å². The Balaban J connectivity index is 2.70. The molecule has 0 unspecified atom stereocenters. The number of nitriles is 1. The van der Waals surface area contributed by atoms with Gasteiger partial charge in [0.15, 0.2) is 0 Å². The molecule has 7 heteroatoms. The van der Waals surface area contributed by atoms with Gasteiger partial charge >= 0.3 is 5.97 Å². The normalized spacial score (nSPS) is 10.1. The van der Waals surface area contributed by atoms with Gasteiger partial charge < -0.3 is 4.74 Å². The van der Waals surface area contributed by atoms with Gasteiger partial charge in [0.25, 0.3) is 0 Å². The Hall–Kier alpha value is -2.39. The minimum Gasteiger partial charge on any atom is -0.465 e. The Bertz CT molecular complexity index is 703. The molecule has 0 N–H and O–H groups in total. The summed E-state index contributed by atoms with van der Waals surface area (Å²) in [5.41, 5.74) is 1.11. The van der Waals surface area contributed by atoms with Crippen LogP contribution in [0.2, 0.25) is 5.15 Å². The van der Waals surface area contributed by atoms with Crippen molar-refractivity contribution in [3.05, 3.63) is 34.7 Å². The Kier molecular flexibility index (Phi) is 4.01. The third-order valence-electron chi connectivity index (χ3n) is 2.73. The van der Waals surface area contributed by atoms with Crippen LogP contribution in [0.25, 0.3) is 11.3 Å². The second-order valence-electron chi connectivity index (χ2n) is 3.90. The molecule has 0 saturated carbocycles. The minimum absolute atomic E-state index is 0.0926. The Morgan fingerprint density at radius 1 is 1.60 bits per heavy atom. The summed E-state index contributed by atoms with van der Waals surface area (Å²) in [6.45, 7) is 2.61. The van der Waals surface area contributed by atoms with E-state index in [-0.39, 0.29) is 16.3 Å². The van der Waals surface area contributed by atoms with E-state index in [1.54, 1.807) is 17.1 Å². The maximum atomic E-state index is 11.9. The molecule has 0 amide bonds. The van der Waals surface area contributed by atoms with Crippen molar-refractivity contribution >= 4 is 17.6 Å². The van der Waals surface area contributed by atoms with E-state index in [0.29, 0.717) is 17.8 Å². The molecule has 2 aromatic rings. The third-order valence-corrected chi connectivity index (χ3v) is 2.92. The van der Waals surface area contributed by atoms with Crippen LogP contribution in [0.3, 0.4) is 0 Å². The van der Waals surface area contributed by atoms with Crippen LogP contribution < -0.4 is 0 Å². The molecule has 0 aliphatic rings. The average Bonchev–Trinajstić information content (AvgIpc) is 2.94.